The summed E-state index contributed by atoms with van der Waals surface area (Å²) in [5, 5.41) is 6.34. The monoisotopic (exact) mass is 252 g/mol. The van der Waals surface area contributed by atoms with Crippen LogP contribution in [0.15, 0.2) is 48.8 Å². The van der Waals surface area contributed by atoms with Crippen molar-refractivity contribution in [3.05, 3.63) is 54.4 Å². The number of benzene rings is 2. The lowest BCUT2D eigenvalue weighted by Gasteiger charge is -2.08. The van der Waals surface area contributed by atoms with E-state index < -0.39 is 0 Å². The molecular formula is C15H12N2O2. The van der Waals surface area contributed by atoms with Crippen LogP contribution in [0.1, 0.15) is 10.4 Å². The number of fused-ring (bicyclic) bond motifs is 1. The normalized spacial score (nSPS) is 10.6. The molecule has 1 heterocycles. The van der Waals surface area contributed by atoms with Crippen LogP contribution in [0, 0.1) is 0 Å². The van der Waals surface area contributed by atoms with Gasteiger partial charge in [0.2, 0.25) is 0 Å². The van der Waals surface area contributed by atoms with E-state index in [2.05, 4.69) is 5.10 Å². The highest BCUT2D eigenvalue weighted by molar-refractivity contribution is 5.91. The molecule has 94 valence electrons. The minimum atomic E-state index is 0.555. The third kappa shape index (κ3) is 1.97. The van der Waals surface area contributed by atoms with Crippen LogP contribution in [-0.4, -0.2) is 23.2 Å². The highest BCUT2D eigenvalue weighted by atomic mass is 16.5. The first-order valence-electron chi connectivity index (χ1n) is 5.89. The maximum atomic E-state index is 10.7. The van der Waals surface area contributed by atoms with Crippen LogP contribution in [0.25, 0.3) is 16.5 Å². The first-order chi connectivity index (χ1) is 9.31. The molecule has 0 spiro atoms. The number of methoxy groups -OCH3 is 1. The van der Waals surface area contributed by atoms with E-state index in [0.29, 0.717) is 5.56 Å². The van der Waals surface area contributed by atoms with Crippen LogP contribution < -0.4 is 4.74 Å². The summed E-state index contributed by atoms with van der Waals surface area (Å²) in [4.78, 5) is 10.7. The van der Waals surface area contributed by atoms with Gasteiger partial charge in [0.25, 0.3) is 0 Å². The van der Waals surface area contributed by atoms with Crippen molar-refractivity contribution in [2.45, 2.75) is 0 Å². The molecule has 4 heteroatoms. The summed E-state index contributed by atoms with van der Waals surface area (Å²) in [6, 6.07) is 11.8. The Hall–Kier alpha value is -2.62. The Balaban J connectivity index is 2.24. The van der Waals surface area contributed by atoms with Gasteiger partial charge in [-0.25, -0.2) is 4.68 Å². The maximum absolute atomic E-state index is 10.7. The molecule has 1 aromatic heterocycles. The van der Waals surface area contributed by atoms with Crippen molar-refractivity contribution in [2.75, 3.05) is 7.11 Å². The van der Waals surface area contributed by atoms with Gasteiger partial charge in [-0.3, -0.25) is 4.79 Å². The summed E-state index contributed by atoms with van der Waals surface area (Å²) in [6.45, 7) is 0. The molecule has 0 saturated heterocycles. The van der Waals surface area contributed by atoms with E-state index in [4.69, 9.17) is 4.74 Å². The summed E-state index contributed by atoms with van der Waals surface area (Å²) in [7, 11) is 1.64. The van der Waals surface area contributed by atoms with E-state index in [1.807, 2.05) is 36.4 Å². The SMILES string of the molecule is COc1ccc2cccc(-n3cc(C=O)cn3)c2c1. The van der Waals surface area contributed by atoms with Gasteiger partial charge in [-0.1, -0.05) is 18.2 Å². The lowest BCUT2D eigenvalue weighted by molar-refractivity contribution is 0.112. The van der Waals surface area contributed by atoms with E-state index in [1.165, 1.54) is 0 Å². The number of carbonyl (C=O) groups excluding carboxylic acids is 1. The zero-order valence-electron chi connectivity index (χ0n) is 10.4. The van der Waals surface area contributed by atoms with Gasteiger partial charge in [-0.15, -0.1) is 0 Å². The summed E-state index contributed by atoms with van der Waals surface area (Å²) in [6.07, 6.45) is 4.04. The lowest BCUT2D eigenvalue weighted by atomic mass is 10.1. The fourth-order valence-corrected chi connectivity index (χ4v) is 2.09. The van der Waals surface area contributed by atoms with Crippen LogP contribution in [0.4, 0.5) is 0 Å². The molecule has 2 aromatic carbocycles. The van der Waals surface area contributed by atoms with Crippen LogP contribution in [-0.2, 0) is 0 Å². The van der Waals surface area contributed by atoms with Crippen LogP contribution in [0.2, 0.25) is 0 Å². The average molecular weight is 252 g/mol. The van der Waals surface area contributed by atoms with Crippen molar-refractivity contribution in [2.24, 2.45) is 0 Å². The van der Waals surface area contributed by atoms with E-state index >= 15 is 0 Å². The van der Waals surface area contributed by atoms with Gasteiger partial charge in [0, 0.05) is 11.6 Å². The summed E-state index contributed by atoms with van der Waals surface area (Å²) in [5.74, 6) is 0.794. The molecule has 3 aromatic rings. The van der Waals surface area contributed by atoms with E-state index in [0.717, 1.165) is 28.5 Å². The number of carbonyl (C=O) groups is 1. The zero-order valence-corrected chi connectivity index (χ0v) is 10.4. The predicted molar refractivity (Wildman–Crippen MR) is 73.0 cm³/mol. The number of aldehydes is 1. The molecule has 0 atom stereocenters. The van der Waals surface area contributed by atoms with Crippen LogP contribution in [0.3, 0.4) is 0 Å². The predicted octanol–water partition coefficient (Wildman–Crippen LogP) is 2.85. The highest BCUT2D eigenvalue weighted by Crippen LogP contribution is 2.26. The number of rotatable bonds is 3. The minimum Gasteiger partial charge on any atom is -0.497 e. The molecule has 4 nitrogen and oxygen atoms in total. The van der Waals surface area contributed by atoms with E-state index in [9.17, 15) is 4.79 Å². The number of nitrogens with zero attached hydrogens (tertiary/aromatic N) is 2. The Morgan fingerprint density at radius 1 is 1.26 bits per heavy atom. The number of ether oxygens (including phenoxy) is 1. The maximum Gasteiger partial charge on any atom is 0.153 e. The summed E-state index contributed by atoms with van der Waals surface area (Å²) in [5.41, 5.74) is 1.48. The second-order valence-electron chi connectivity index (χ2n) is 4.20. The molecule has 0 aliphatic heterocycles. The minimum absolute atomic E-state index is 0.555. The van der Waals surface area contributed by atoms with Gasteiger partial charge >= 0.3 is 0 Å². The van der Waals surface area contributed by atoms with Gasteiger partial charge in [-0.05, 0) is 23.6 Å². The van der Waals surface area contributed by atoms with E-state index in [1.54, 1.807) is 24.2 Å². The largest absolute Gasteiger partial charge is 0.497 e. The summed E-state index contributed by atoms with van der Waals surface area (Å²) < 4.78 is 6.95. The van der Waals surface area contributed by atoms with E-state index in [-0.39, 0.29) is 0 Å². The smallest absolute Gasteiger partial charge is 0.153 e. The van der Waals surface area contributed by atoms with Crippen molar-refractivity contribution in [1.29, 1.82) is 0 Å². The second kappa shape index (κ2) is 4.57. The van der Waals surface area contributed by atoms with Gasteiger partial charge in [0.05, 0.1) is 24.6 Å². The fourth-order valence-electron chi connectivity index (χ4n) is 2.09. The third-order valence-electron chi connectivity index (χ3n) is 3.05. The first kappa shape index (κ1) is 11.5. The number of hydrogen-bond acceptors (Lipinski definition) is 3. The standard InChI is InChI=1S/C15H12N2O2/c1-19-13-6-5-12-3-2-4-15(14(12)7-13)17-9-11(10-18)8-16-17/h2-10H,1H3. The van der Waals surface area contributed by atoms with Gasteiger partial charge in [-0.2, -0.15) is 5.10 Å². The molecule has 0 unspecified atom stereocenters. The number of aromatic nitrogens is 2. The molecular weight excluding hydrogens is 240 g/mol. The first-order valence-corrected chi connectivity index (χ1v) is 5.89. The molecule has 0 aliphatic rings. The summed E-state index contributed by atoms with van der Waals surface area (Å²) >= 11 is 0. The Bertz CT molecular complexity index is 747. The zero-order chi connectivity index (χ0) is 13.2. The Labute approximate surface area is 110 Å². The molecule has 19 heavy (non-hydrogen) atoms. The topological polar surface area (TPSA) is 44.1 Å². The van der Waals surface area contributed by atoms with Gasteiger partial charge < -0.3 is 4.74 Å². The molecule has 0 bridgehead atoms. The Morgan fingerprint density at radius 3 is 2.89 bits per heavy atom. The molecule has 0 radical (unpaired) electrons. The molecule has 0 aliphatic carbocycles. The van der Waals surface area contributed by atoms with Crippen molar-refractivity contribution in [1.82, 2.24) is 9.78 Å². The molecule has 3 rings (SSSR count). The van der Waals surface area contributed by atoms with Gasteiger partial charge in [0.15, 0.2) is 6.29 Å². The average Bonchev–Trinajstić information content (AvgIpc) is 2.94. The number of hydrogen-bond donors (Lipinski definition) is 0. The Kier molecular flexibility index (Phi) is 2.76. The lowest BCUT2D eigenvalue weighted by Crippen LogP contribution is -1.95. The second-order valence-corrected chi connectivity index (χ2v) is 4.20. The molecule has 0 N–H and O–H groups in total. The highest BCUT2D eigenvalue weighted by Gasteiger charge is 2.06. The van der Waals surface area contributed by atoms with Crippen molar-refractivity contribution >= 4 is 17.1 Å². The van der Waals surface area contributed by atoms with Crippen molar-refractivity contribution in [3.8, 4) is 11.4 Å². The van der Waals surface area contributed by atoms with Crippen LogP contribution >= 0.6 is 0 Å². The quantitative estimate of drug-likeness (QED) is 0.673. The third-order valence-corrected chi connectivity index (χ3v) is 3.05. The molecule has 0 saturated carbocycles. The fraction of sp³-hybridized carbons (Fsp3) is 0.0667. The molecule has 0 fully saturated rings. The van der Waals surface area contributed by atoms with Crippen LogP contribution in [0.5, 0.6) is 5.75 Å². The van der Waals surface area contributed by atoms with Crippen molar-refractivity contribution in [3.63, 3.8) is 0 Å². The van der Waals surface area contributed by atoms with Gasteiger partial charge in [0.1, 0.15) is 5.75 Å². The Morgan fingerprint density at radius 2 is 2.16 bits per heavy atom. The molecule has 0 amide bonds. The van der Waals surface area contributed by atoms with Crippen molar-refractivity contribution < 1.29 is 9.53 Å².